The van der Waals surface area contributed by atoms with E-state index in [1.165, 1.54) is 0 Å². The Morgan fingerprint density at radius 3 is 2.76 bits per heavy atom. The number of aliphatic hydroxyl groups is 1. The minimum absolute atomic E-state index is 0.0512. The molecule has 5 N–H and O–H groups in total. The van der Waals surface area contributed by atoms with Crippen LogP contribution in [0, 0.1) is 0 Å². The molecule has 0 saturated carbocycles. The number of aliphatic hydroxyl groups excluding tert-OH is 1. The van der Waals surface area contributed by atoms with Gasteiger partial charge in [-0.3, -0.25) is 4.79 Å². The number of carbonyl (C=O) groups excluding carboxylic acids is 2. The third kappa shape index (κ3) is 4.68. The highest BCUT2D eigenvalue weighted by Gasteiger charge is 2.20. The summed E-state index contributed by atoms with van der Waals surface area (Å²) in [5.41, 5.74) is 0. The molecule has 0 aromatic rings. The maximum atomic E-state index is 11.3. The highest BCUT2D eigenvalue weighted by molar-refractivity contribution is 5.79. The van der Waals surface area contributed by atoms with E-state index in [2.05, 4.69) is 16.0 Å². The number of nitrogens with one attached hydrogen (secondary N) is 3. The largest absolute Gasteiger partial charge is 0.479 e. The van der Waals surface area contributed by atoms with Gasteiger partial charge in [0.1, 0.15) is 0 Å². The molecule has 0 bridgehead atoms. The predicted octanol–water partition coefficient (Wildman–Crippen LogP) is -1.99. The molecule has 8 heteroatoms. The molecule has 1 saturated heterocycles. The van der Waals surface area contributed by atoms with Gasteiger partial charge in [-0.1, -0.05) is 0 Å². The number of hydrogen-bond donors (Lipinski definition) is 5. The summed E-state index contributed by atoms with van der Waals surface area (Å²) in [6.07, 6.45) is -0.726. The van der Waals surface area contributed by atoms with Crippen LogP contribution in [-0.4, -0.2) is 53.4 Å². The van der Waals surface area contributed by atoms with Crippen LogP contribution in [0.25, 0.3) is 0 Å². The van der Waals surface area contributed by atoms with E-state index in [-0.39, 0.29) is 18.5 Å². The van der Waals surface area contributed by atoms with E-state index >= 15 is 0 Å². The van der Waals surface area contributed by atoms with Crippen molar-refractivity contribution in [2.24, 2.45) is 0 Å². The molecule has 1 rings (SSSR count). The van der Waals surface area contributed by atoms with Gasteiger partial charge in [0.2, 0.25) is 5.91 Å². The Bertz CT molecular complexity index is 310. The van der Waals surface area contributed by atoms with Crippen molar-refractivity contribution >= 4 is 17.9 Å². The summed E-state index contributed by atoms with van der Waals surface area (Å²) >= 11 is 0. The monoisotopic (exact) mass is 245 g/mol. The van der Waals surface area contributed by atoms with E-state index in [4.69, 9.17) is 10.2 Å². The molecule has 1 aliphatic rings. The maximum absolute atomic E-state index is 11.3. The van der Waals surface area contributed by atoms with Crippen LogP contribution in [0.5, 0.6) is 0 Å². The average molecular weight is 245 g/mol. The van der Waals surface area contributed by atoms with Gasteiger partial charge < -0.3 is 26.2 Å². The summed E-state index contributed by atoms with van der Waals surface area (Å²) in [6, 6.07) is -0.735. The fraction of sp³-hybridized carbons (Fsp3) is 0.667. The fourth-order valence-electron chi connectivity index (χ4n) is 1.37. The Balaban J connectivity index is 2.21. The van der Waals surface area contributed by atoms with Crippen molar-refractivity contribution in [3.63, 3.8) is 0 Å². The van der Waals surface area contributed by atoms with Crippen molar-refractivity contribution in [1.82, 2.24) is 16.0 Å². The van der Waals surface area contributed by atoms with Gasteiger partial charge in [-0.25, -0.2) is 9.59 Å². The number of piperidine rings is 1. The van der Waals surface area contributed by atoms with Crippen molar-refractivity contribution in [1.29, 1.82) is 0 Å². The van der Waals surface area contributed by atoms with Crippen molar-refractivity contribution in [3.05, 3.63) is 0 Å². The van der Waals surface area contributed by atoms with Crippen LogP contribution in [0.3, 0.4) is 0 Å². The quantitative estimate of drug-likeness (QED) is 0.392. The van der Waals surface area contributed by atoms with Crippen molar-refractivity contribution < 1.29 is 24.6 Å². The molecule has 0 aliphatic carbocycles. The SMILES string of the molecule is O=C1CCC(NC(=O)NCC(O)C(=O)O)CN1. The van der Waals surface area contributed by atoms with Crippen molar-refractivity contribution in [2.45, 2.75) is 25.0 Å². The van der Waals surface area contributed by atoms with E-state index in [1.807, 2.05) is 0 Å². The summed E-state index contributed by atoms with van der Waals surface area (Å²) in [7, 11) is 0. The Morgan fingerprint density at radius 2 is 2.24 bits per heavy atom. The van der Waals surface area contributed by atoms with Gasteiger partial charge in [-0.05, 0) is 6.42 Å². The molecule has 0 spiro atoms. The van der Waals surface area contributed by atoms with E-state index in [1.54, 1.807) is 0 Å². The summed E-state index contributed by atoms with van der Waals surface area (Å²) < 4.78 is 0. The van der Waals surface area contributed by atoms with Gasteiger partial charge in [0.05, 0.1) is 6.54 Å². The molecule has 0 aromatic carbocycles. The maximum Gasteiger partial charge on any atom is 0.334 e. The van der Waals surface area contributed by atoms with Crippen LogP contribution in [0.1, 0.15) is 12.8 Å². The minimum Gasteiger partial charge on any atom is -0.479 e. The molecule has 8 nitrogen and oxygen atoms in total. The number of amides is 3. The lowest BCUT2D eigenvalue weighted by Crippen LogP contribution is -2.51. The first-order valence-electron chi connectivity index (χ1n) is 5.21. The van der Waals surface area contributed by atoms with Gasteiger partial charge in [0.25, 0.3) is 0 Å². The molecule has 0 aromatic heterocycles. The van der Waals surface area contributed by atoms with Gasteiger partial charge in [-0.2, -0.15) is 0 Å². The molecule has 2 atom stereocenters. The highest BCUT2D eigenvalue weighted by Crippen LogP contribution is 2.01. The standard InChI is InChI=1S/C9H15N3O5/c13-6(8(15)16)4-11-9(17)12-5-1-2-7(14)10-3-5/h5-6,13H,1-4H2,(H,10,14)(H,15,16)(H2,11,12,17). The van der Waals surface area contributed by atoms with E-state index in [0.29, 0.717) is 19.4 Å². The minimum atomic E-state index is -1.62. The number of rotatable bonds is 4. The zero-order valence-corrected chi connectivity index (χ0v) is 9.10. The Morgan fingerprint density at radius 1 is 1.53 bits per heavy atom. The molecule has 0 radical (unpaired) electrons. The van der Waals surface area contributed by atoms with Crippen LogP contribution >= 0.6 is 0 Å². The van der Waals surface area contributed by atoms with E-state index in [0.717, 1.165) is 0 Å². The molecular formula is C9H15N3O5. The van der Waals surface area contributed by atoms with Gasteiger partial charge >= 0.3 is 12.0 Å². The normalized spacial score (nSPS) is 21.2. The van der Waals surface area contributed by atoms with Gasteiger partial charge in [0.15, 0.2) is 6.10 Å². The zero-order chi connectivity index (χ0) is 12.8. The second-order valence-electron chi connectivity index (χ2n) is 3.75. The molecule has 1 fully saturated rings. The third-order valence-corrected chi connectivity index (χ3v) is 2.34. The van der Waals surface area contributed by atoms with Crippen molar-refractivity contribution in [3.8, 4) is 0 Å². The Kier molecular flexibility index (Phi) is 4.70. The Hall–Kier alpha value is -1.83. The first kappa shape index (κ1) is 13.2. The van der Waals surface area contributed by atoms with Crippen molar-refractivity contribution in [2.75, 3.05) is 13.1 Å². The molecule has 3 amide bonds. The number of hydrogen-bond acceptors (Lipinski definition) is 4. The molecule has 2 unspecified atom stereocenters. The molecule has 96 valence electrons. The van der Waals surface area contributed by atoms with Crippen LogP contribution < -0.4 is 16.0 Å². The first-order valence-corrected chi connectivity index (χ1v) is 5.21. The molecular weight excluding hydrogens is 230 g/mol. The third-order valence-electron chi connectivity index (χ3n) is 2.34. The van der Waals surface area contributed by atoms with E-state index < -0.39 is 18.1 Å². The van der Waals surface area contributed by atoms with Crippen LogP contribution in [0.4, 0.5) is 4.79 Å². The summed E-state index contributed by atoms with van der Waals surface area (Å²) in [5, 5.41) is 24.7. The lowest BCUT2D eigenvalue weighted by Gasteiger charge is -2.23. The number of urea groups is 1. The lowest BCUT2D eigenvalue weighted by atomic mass is 10.1. The predicted molar refractivity (Wildman–Crippen MR) is 56.2 cm³/mol. The van der Waals surface area contributed by atoms with Gasteiger partial charge in [-0.15, -0.1) is 0 Å². The average Bonchev–Trinajstić information content (AvgIpc) is 2.29. The topological polar surface area (TPSA) is 128 Å². The second-order valence-corrected chi connectivity index (χ2v) is 3.75. The number of aliphatic carboxylic acids is 1. The number of carboxylic acids is 1. The lowest BCUT2D eigenvalue weighted by molar-refractivity contribution is -0.146. The summed E-state index contributed by atoms with van der Waals surface area (Å²) in [6.45, 7) is -0.00597. The van der Waals surface area contributed by atoms with Crippen LogP contribution in [-0.2, 0) is 9.59 Å². The molecule has 1 aliphatic heterocycles. The van der Waals surface area contributed by atoms with E-state index in [9.17, 15) is 14.4 Å². The first-order chi connectivity index (χ1) is 7.99. The Labute approximate surface area is 97.4 Å². The fourth-order valence-corrected chi connectivity index (χ4v) is 1.37. The zero-order valence-electron chi connectivity index (χ0n) is 9.10. The molecule has 17 heavy (non-hydrogen) atoms. The number of carboxylic acid groups (broad SMARTS) is 1. The van der Waals surface area contributed by atoms with Gasteiger partial charge in [0, 0.05) is 19.0 Å². The number of carbonyl (C=O) groups is 3. The van der Waals surface area contributed by atoms with Crippen LogP contribution in [0.2, 0.25) is 0 Å². The summed E-state index contributed by atoms with van der Waals surface area (Å²) in [4.78, 5) is 32.4. The van der Waals surface area contributed by atoms with Crippen LogP contribution in [0.15, 0.2) is 0 Å². The molecule has 1 heterocycles. The second kappa shape index (κ2) is 6.04. The summed E-state index contributed by atoms with van der Waals surface area (Å²) in [5.74, 6) is -1.44. The highest BCUT2D eigenvalue weighted by atomic mass is 16.4. The smallest absolute Gasteiger partial charge is 0.334 e.